The molecule has 3 aromatic heterocycles. The molecule has 3 heterocycles. The number of carbonyl (C=O) groups is 1. The first-order valence-electron chi connectivity index (χ1n) is 9.45. The van der Waals surface area contributed by atoms with Crippen LogP contribution in [0.1, 0.15) is 41.8 Å². The lowest BCUT2D eigenvalue weighted by atomic mass is 9.93. The highest BCUT2D eigenvalue weighted by Crippen LogP contribution is 2.26. The molecular formula is C23H22N4OS. The summed E-state index contributed by atoms with van der Waals surface area (Å²) >= 11 is 1.57. The number of rotatable bonds is 4. The SMILES string of the molecule is CC(C)(C)c1csc(CNC(=O)c2cc(-c3cccnc3)nc3ccccc23)n1. The largest absolute Gasteiger partial charge is 0.346 e. The van der Waals surface area contributed by atoms with E-state index >= 15 is 0 Å². The van der Waals surface area contributed by atoms with Gasteiger partial charge in [0.15, 0.2) is 0 Å². The van der Waals surface area contributed by atoms with Gasteiger partial charge in [0, 0.05) is 34.1 Å². The summed E-state index contributed by atoms with van der Waals surface area (Å²) in [7, 11) is 0. The zero-order valence-corrected chi connectivity index (χ0v) is 17.5. The van der Waals surface area contributed by atoms with Crippen LogP contribution < -0.4 is 5.32 Å². The minimum Gasteiger partial charge on any atom is -0.346 e. The highest BCUT2D eigenvalue weighted by molar-refractivity contribution is 7.09. The molecule has 29 heavy (non-hydrogen) atoms. The van der Waals surface area contributed by atoms with Crippen LogP contribution in [-0.4, -0.2) is 20.9 Å². The Morgan fingerprint density at radius 2 is 1.93 bits per heavy atom. The number of hydrogen-bond acceptors (Lipinski definition) is 5. The third kappa shape index (κ3) is 4.17. The lowest BCUT2D eigenvalue weighted by Crippen LogP contribution is -2.23. The zero-order valence-electron chi connectivity index (χ0n) is 16.6. The van der Waals surface area contributed by atoms with Crippen molar-refractivity contribution in [1.82, 2.24) is 20.3 Å². The van der Waals surface area contributed by atoms with Crippen molar-refractivity contribution in [2.45, 2.75) is 32.7 Å². The van der Waals surface area contributed by atoms with E-state index in [4.69, 9.17) is 4.98 Å². The van der Waals surface area contributed by atoms with Gasteiger partial charge in [0.25, 0.3) is 5.91 Å². The summed E-state index contributed by atoms with van der Waals surface area (Å²) < 4.78 is 0. The van der Waals surface area contributed by atoms with Gasteiger partial charge in [-0.1, -0.05) is 39.0 Å². The molecule has 0 fully saturated rings. The summed E-state index contributed by atoms with van der Waals surface area (Å²) in [5.74, 6) is -0.138. The molecule has 6 heteroatoms. The Bertz CT molecular complexity index is 1160. The molecule has 0 atom stereocenters. The molecule has 4 aromatic rings. The fraction of sp³-hybridized carbons (Fsp3) is 0.217. The summed E-state index contributed by atoms with van der Waals surface area (Å²) in [6.45, 7) is 6.80. The molecule has 0 saturated carbocycles. The number of benzene rings is 1. The van der Waals surface area contributed by atoms with Crippen LogP contribution in [0.5, 0.6) is 0 Å². The predicted octanol–water partition coefficient (Wildman–Crippen LogP) is 4.98. The topological polar surface area (TPSA) is 67.8 Å². The maximum atomic E-state index is 13.0. The number of hydrogen-bond donors (Lipinski definition) is 1. The molecule has 0 unspecified atom stereocenters. The molecule has 1 aromatic carbocycles. The summed E-state index contributed by atoms with van der Waals surface area (Å²) in [5, 5.41) is 6.80. The number of fused-ring (bicyclic) bond motifs is 1. The van der Waals surface area contributed by atoms with Crippen LogP contribution in [0.25, 0.3) is 22.2 Å². The Labute approximate surface area is 173 Å². The van der Waals surface area contributed by atoms with Crippen LogP contribution in [0.4, 0.5) is 0 Å². The smallest absolute Gasteiger partial charge is 0.252 e. The Morgan fingerprint density at radius 3 is 2.66 bits per heavy atom. The summed E-state index contributed by atoms with van der Waals surface area (Å²) in [6.07, 6.45) is 3.47. The van der Waals surface area contributed by atoms with Gasteiger partial charge in [0.1, 0.15) is 5.01 Å². The lowest BCUT2D eigenvalue weighted by molar-refractivity contribution is 0.0952. The summed E-state index contributed by atoms with van der Waals surface area (Å²) in [5.41, 5.74) is 4.03. The molecule has 4 rings (SSSR count). The quantitative estimate of drug-likeness (QED) is 0.523. The van der Waals surface area contributed by atoms with E-state index in [1.54, 1.807) is 23.7 Å². The van der Waals surface area contributed by atoms with Crippen molar-refractivity contribution >= 4 is 28.1 Å². The molecule has 0 bridgehead atoms. The Morgan fingerprint density at radius 1 is 1.10 bits per heavy atom. The number of amides is 1. The van der Waals surface area contributed by atoms with E-state index in [-0.39, 0.29) is 11.3 Å². The first kappa shape index (κ1) is 19.2. The van der Waals surface area contributed by atoms with Gasteiger partial charge in [-0.15, -0.1) is 11.3 Å². The summed E-state index contributed by atoms with van der Waals surface area (Å²) in [4.78, 5) is 26.6. The number of nitrogens with zero attached hydrogens (tertiary/aromatic N) is 3. The fourth-order valence-electron chi connectivity index (χ4n) is 3.01. The van der Waals surface area contributed by atoms with Gasteiger partial charge < -0.3 is 5.32 Å². The molecule has 0 aliphatic heterocycles. The van der Waals surface area contributed by atoms with Crippen molar-refractivity contribution in [3.63, 3.8) is 0 Å². The second-order valence-corrected chi connectivity index (χ2v) is 8.82. The van der Waals surface area contributed by atoms with E-state index in [9.17, 15) is 4.79 Å². The van der Waals surface area contributed by atoms with Gasteiger partial charge in [-0.2, -0.15) is 0 Å². The Kier molecular flexibility index (Phi) is 5.11. The first-order chi connectivity index (χ1) is 13.9. The second kappa shape index (κ2) is 7.72. The molecule has 0 saturated heterocycles. The fourth-order valence-corrected chi connectivity index (χ4v) is 3.97. The number of aromatic nitrogens is 3. The molecule has 0 radical (unpaired) electrons. The highest BCUT2D eigenvalue weighted by atomic mass is 32.1. The van der Waals surface area contributed by atoms with E-state index in [1.165, 1.54) is 0 Å². The van der Waals surface area contributed by atoms with Gasteiger partial charge in [-0.25, -0.2) is 9.97 Å². The minimum atomic E-state index is -0.138. The van der Waals surface area contributed by atoms with Gasteiger partial charge >= 0.3 is 0 Å². The van der Waals surface area contributed by atoms with Crippen molar-refractivity contribution in [1.29, 1.82) is 0 Å². The average molecular weight is 403 g/mol. The second-order valence-electron chi connectivity index (χ2n) is 7.87. The number of carbonyl (C=O) groups excluding carboxylic acids is 1. The number of thiazole rings is 1. The highest BCUT2D eigenvalue weighted by Gasteiger charge is 2.18. The van der Waals surface area contributed by atoms with Crippen LogP contribution in [0, 0.1) is 0 Å². The number of para-hydroxylation sites is 1. The minimum absolute atomic E-state index is 0.00131. The molecule has 146 valence electrons. The average Bonchev–Trinajstić information content (AvgIpc) is 3.21. The molecule has 0 aliphatic rings. The normalized spacial score (nSPS) is 11.6. The van der Waals surface area contributed by atoms with E-state index in [0.29, 0.717) is 12.1 Å². The third-order valence-corrected chi connectivity index (χ3v) is 5.49. The summed E-state index contributed by atoms with van der Waals surface area (Å²) in [6, 6.07) is 13.3. The zero-order chi connectivity index (χ0) is 20.4. The van der Waals surface area contributed by atoms with Gasteiger partial charge in [0.2, 0.25) is 0 Å². The molecule has 1 N–H and O–H groups in total. The van der Waals surface area contributed by atoms with Crippen LogP contribution in [-0.2, 0) is 12.0 Å². The molecule has 5 nitrogen and oxygen atoms in total. The van der Waals surface area contributed by atoms with Gasteiger partial charge in [0.05, 0.1) is 29.0 Å². The molecule has 0 aliphatic carbocycles. The number of pyridine rings is 2. The van der Waals surface area contributed by atoms with Crippen molar-refractivity contribution in [3.8, 4) is 11.3 Å². The van der Waals surface area contributed by atoms with Crippen molar-refractivity contribution < 1.29 is 4.79 Å². The monoisotopic (exact) mass is 402 g/mol. The maximum Gasteiger partial charge on any atom is 0.252 e. The van der Waals surface area contributed by atoms with Crippen LogP contribution in [0.3, 0.4) is 0 Å². The standard InChI is InChI=1S/C23H22N4OS/c1-23(2,3)20-14-29-21(27-20)13-25-22(28)17-11-19(15-7-6-10-24-12-15)26-18-9-5-4-8-16(17)18/h4-12,14H,13H2,1-3H3,(H,25,28). The van der Waals surface area contributed by atoms with Crippen molar-refractivity contribution in [3.05, 3.63) is 76.5 Å². The van der Waals surface area contributed by atoms with Gasteiger partial charge in [-0.05, 0) is 24.3 Å². The van der Waals surface area contributed by atoms with E-state index in [0.717, 1.165) is 32.9 Å². The molecule has 0 spiro atoms. The third-order valence-electron chi connectivity index (χ3n) is 4.64. The Hall–Kier alpha value is -3.12. The molecule has 1 amide bonds. The van der Waals surface area contributed by atoms with Crippen molar-refractivity contribution in [2.24, 2.45) is 0 Å². The van der Waals surface area contributed by atoms with E-state index in [1.807, 2.05) is 42.5 Å². The Balaban J connectivity index is 1.64. The van der Waals surface area contributed by atoms with E-state index in [2.05, 4.69) is 41.4 Å². The first-order valence-corrected chi connectivity index (χ1v) is 10.3. The predicted molar refractivity (Wildman–Crippen MR) is 117 cm³/mol. The van der Waals surface area contributed by atoms with Gasteiger partial charge in [-0.3, -0.25) is 9.78 Å². The molecular weight excluding hydrogens is 380 g/mol. The van der Waals surface area contributed by atoms with Crippen molar-refractivity contribution in [2.75, 3.05) is 0 Å². The van der Waals surface area contributed by atoms with E-state index < -0.39 is 0 Å². The maximum absolute atomic E-state index is 13.0. The van der Waals surface area contributed by atoms with Crippen LogP contribution in [0.15, 0.2) is 60.2 Å². The van der Waals surface area contributed by atoms with Crippen LogP contribution >= 0.6 is 11.3 Å². The number of nitrogens with one attached hydrogen (secondary N) is 1. The van der Waals surface area contributed by atoms with Crippen LogP contribution in [0.2, 0.25) is 0 Å². The lowest BCUT2D eigenvalue weighted by Gasteiger charge is -2.14.